The summed E-state index contributed by atoms with van der Waals surface area (Å²) in [5.74, 6) is 1.25. The maximum absolute atomic E-state index is 9.48. The number of rotatable bonds is 1. The molecule has 0 spiro atoms. The van der Waals surface area contributed by atoms with Crippen molar-refractivity contribution in [1.82, 2.24) is 4.98 Å². The Morgan fingerprint density at radius 3 is 2.63 bits per heavy atom. The first-order valence-corrected chi connectivity index (χ1v) is 6.61. The lowest BCUT2D eigenvalue weighted by Gasteiger charge is -2.39. The first kappa shape index (κ1) is 12.2. The Balaban J connectivity index is 2.02. The van der Waals surface area contributed by atoms with Crippen LogP contribution < -0.4 is 4.90 Å². The van der Waals surface area contributed by atoms with Gasteiger partial charge in [0.05, 0.1) is 30.8 Å². The number of aromatic hydroxyl groups is 1. The summed E-state index contributed by atoms with van der Waals surface area (Å²) >= 11 is 0. The number of hydrogen-bond acceptors (Lipinski definition) is 4. The Bertz CT molecular complexity index is 590. The van der Waals surface area contributed by atoms with E-state index in [0.29, 0.717) is 12.1 Å². The van der Waals surface area contributed by atoms with E-state index in [1.165, 1.54) is 0 Å². The maximum atomic E-state index is 9.48. The van der Waals surface area contributed by atoms with Gasteiger partial charge in [-0.25, -0.2) is 4.98 Å². The molecular formula is C15H18N2O2. The van der Waals surface area contributed by atoms with Crippen LogP contribution in [0.25, 0.3) is 10.9 Å². The predicted molar refractivity (Wildman–Crippen MR) is 75.6 cm³/mol. The van der Waals surface area contributed by atoms with Gasteiger partial charge in [-0.15, -0.1) is 0 Å². The van der Waals surface area contributed by atoms with Gasteiger partial charge in [-0.05, 0) is 44.2 Å². The normalized spacial score (nSPS) is 23.8. The fraction of sp³-hybridized carbons (Fsp3) is 0.400. The summed E-state index contributed by atoms with van der Waals surface area (Å²) in [6, 6.07) is 9.93. The molecule has 2 atom stereocenters. The Labute approximate surface area is 112 Å². The maximum Gasteiger partial charge on any atom is 0.129 e. The molecule has 2 heterocycles. The lowest BCUT2D eigenvalue weighted by atomic mass is 10.1. The second-order valence-corrected chi connectivity index (χ2v) is 5.19. The molecule has 0 saturated carbocycles. The molecule has 1 saturated heterocycles. The van der Waals surface area contributed by atoms with Crippen LogP contribution in [0.4, 0.5) is 5.82 Å². The van der Waals surface area contributed by atoms with Gasteiger partial charge < -0.3 is 14.7 Å². The van der Waals surface area contributed by atoms with Gasteiger partial charge in [-0.2, -0.15) is 0 Å². The molecule has 4 heteroatoms. The summed E-state index contributed by atoms with van der Waals surface area (Å²) < 4.78 is 5.55. The van der Waals surface area contributed by atoms with Gasteiger partial charge >= 0.3 is 0 Å². The number of morpholine rings is 1. The van der Waals surface area contributed by atoms with Gasteiger partial charge in [0, 0.05) is 5.39 Å². The highest BCUT2D eigenvalue weighted by molar-refractivity contribution is 5.81. The topological polar surface area (TPSA) is 45.6 Å². The minimum atomic E-state index is 0.273. The monoisotopic (exact) mass is 258 g/mol. The molecule has 1 fully saturated rings. The number of fused-ring (bicyclic) bond motifs is 1. The molecule has 2 aromatic rings. The van der Waals surface area contributed by atoms with E-state index in [0.717, 1.165) is 29.9 Å². The summed E-state index contributed by atoms with van der Waals surface area (Å²) in [5.41, 5.74) is 0.904. The van der Waals surface area contributed by atoms with Crippen molar-refractivity contribution in [3.63, 3.8) is 0 Å². The third-order valence-electron chi connectivity index (χ3n) is 3.59. The Morgan fingerprint density at radius 1 is 1.16 bits per heavy atom. The number of aromatic nitrogens is 1. The van der Waals surface area contributed by atoms with Crippen LogP contribution in [-0.2, 0) is 4.74 Å². The minimum Gasteiger partial charge on any atom is -0.508 e. The van der Waals surface area contributed by atoms with Crippen LogP contribution in [0, 0.1) is 0 Å². The standard InChI is InChI=1S/C15H18N2O2/c1-10-8-19-9-11(2)17(10)15-6-3-12-7-13(18)4-5-14(12)16-15/h3-7,10-11,18H,8-9H2,1-2H3. The van der Waals surface area contributed by atoms with E-state index in [-0.39, 0.29) is 5.75 Å². The molecule has 0 amide bonds. The number of benzene rings is 1. The minimum absolute atomic E-state index is 0.273. The molecule has 19 heavy (non-hydrogen) atoms. The van der Waals surface area contributed by atoms with E-state index >= 15 is 0 Å². The van der Waals surface area contributed by atoms with Gasteiger partial charge in [0.15, 0.2) is 0 Å². The third kappa shape index (κ3) is 2.24. The number of ether oxygens (including phenoxy) is 1. The van der Waals surface area contributed by atoms with Crippen LogP contribution in [-0.4, -0.2) is 35.4 Å². The number of nitrogens with zero attached hydrogens (tertiary/aromatic N) is 2. The van der Waals surface area contributed by atoms with E-state index in [4.69, 9.17) is 9.72 Å². The van der Waals surface area contributed by atoms with Crippen LogP contribution >= 0.6 is 0 Å². The zero-order valence-corrected chi connectivity index (χ0v) is 11.2. The molecule has 3 rings (SSSR count). The predicted octanol–water partition coefficient (Wildman–Crippen LogP) is 2.55. The Morgan fingerprint density at radius 2 is 1.89 bits per heavy atom. The zero-order chi connectivity index (χ0) is 13.4. The molecule has 2 unspecified atom stereocenters. The van der Waals surface area contributed by atoms with Gasteiger partial charge in [-0.1, -0.05) is 0 Å². The molecule has 1 aliphatic heterocycles. The van der Waals surface area contributed by atoms with Gasteiger partial charge in [-0.3, -0.25) is 0 Å². The molecule has 1 aliphatic rings. The van der Waals surface area contributed by atoms with Gasteiger partial charge in [0.25, 0.3) is 0 Å². The molecule has 0 aliphatic carbocycles. The van der Waals surface area contributed by atoms with Crippen LogP contribution in [0.2, 0.25) is 0 Å². The van der Waals surface area contributed by atoms with Crippen molar-refractivity contribution in [3.05, 3.63) is 30.3 Å². The summed E-state index contributed by atoms with van der Waals surface area (Å²) in [5, 5.41) is 10.4. The first-order valence-electron chi connectivity index (χ1n) is 6.61. The van der Waals surface area contributed by atoms with Crippen molar-refractivity contribution in [2.75, 3.05) is 18.1 Å². The molecule has 1 aromatic heterocycles. The molecule has 4 nitrogen and oxygen atoms in total. The number of phenolic OH excluding ortho intramolecular Hbond substituents is 1. The van der Waals surface area contributed by atoms with Crippen LogP contribution in [0.1, 0.15) is 13.8 Å². The third-order valence-corrected chi connectivity index (χ3v) is 3.59. The van der Waals surface area contributed by atoms with Gasteiger partial charge in [0.2, 0.25) is 0 Å². The molecular weight excluding hydrogens is 240 g/mol. The summed E-state index contributed by atoms with van der Waals surface area (Å²) in [7, 11) is 0. The molecule has 0 bridgehead atoms. The highest BCUT2D eigenvalue weighted by atomic mass is 16.5. The zero-order valence-electron chi connectivity index (χ0n) is 11.2. The summed E-state index contributed by atoms with van der Waals surface area (Å²) in [6.07, 6.45) is 0. The molecule has 1 N–H and O–H groups in total. The lowest BCUT2D eigenvalue weighted by Crippen LogP contribution is -2.50. The van der Waals surface area contributed by atoms with E-state index in [1.807, 2.05) is 18.2 Å². The fourth-order valence-corrected chi connectivity index (χ4v) is 2.70. The van der Waals surface area contributed by atoms with Crippen LogP contribution in [0.3, 0.4) is 0 Å². The smallest absolute Gasteiger partial charge is 0.129 e. The van der Waals surface area contributed by atoms with Crippen molar-refractivity contribution in [1.29, 1.82) is 0 Å². The lowest BCUT2D eigenvalue weighted by molar-refractivity contribution is 0.0752. The van der Waals surface area contributed by atoms with Crippen molar-refractivity contribution in [2.45, 2.75) is 25.9 Å². The SMILES string of the molecule is CC1COCC(C)N1c1ccc2cc(O)ccc2n1. The largest absolute Gasteiger partial charge is 0.508 e. The summed E-state index contributed by atoms with van der Waals surface area (Å²) in [4.78, 5) is 7.00. The van der Waals surface area contributed by atoms with E-state index in [9.17, 15) is 5.11 Å². The van der Waals surface area contributed by atoms with Gasteiger partial charge in [0.1, 0.15) is 11.6 Å². The van der Waals surface area contributed by atoms with Crippen LogP contribution in [0.15, 0.2) is 30.3 Å². The highest BCUT2D eigenvalue weighted by Gasteiger charge is 2.26. The van der Waals surface area contributed by atoms with E-state index in [1.54, 1.807) is 12.1 Å². The fourth-order valence-electron chi connectivity index (χ4n) is 2.70. The summed E-state index contributed by atoms with van der Waals surface area (Å²) in [6.45, 7) is 5.77. The molecule has 1 aromatic carbocycles. The molecule has 0 radical (unpaired) electrons. The Kier molecular flexibility index (Phi) is 3.03. The number of phenols is 1. The quantitative estimate of drug-likeness (QED) is 0.854. The van der Waals surface area contributed by atoms with E-state index in [2.05, 4.69) is 18.7 Å². The first-order chi connectivity index (χ1) is 9.15. The second-order valence-electron chi connectivity index (χ2n) is 5.19. The average molecular weight is 258 g/mol. The van der Waals surface area contributed by atoms with E-state index < -0.39 is 0 Å². The molecule has 100 valence electrons. The van der Waals surface area contributed by atoms with Crippen molar-refractivity contribution in [3.8, 4) is 5.75 Å². The number of anilines is 1. The highest BCUT2D eigenvalue weighted by Crippen LogP contribution is 2.25. The average Bonchev–Trinajstić information content (AvgIpc) is 2.38. The number of pyridine rings is 1. The number of hydrogen-bond donors (Lipinski definition) is 1. The van der Waals surface area contributed by atoms with Crippen LogP contribution in [0.5, 0.6) is 5.75 Å². The second kappa shape index (κ2) is 4.70. The van der Waals surface area contributed by atoms with Crippen molar-refractivity contribution in [2.24, 2.45) is 0 Å². The van der Waals surface area contributed by atoms with Crippen molar-refractivity contribution < 1.29 is 9.84 Å². The van der Waals surface area contributed by atoms with Crippen molar-refractivity contribution >= 4 is 16.7 Å². The Hall–Kier alpha value is -1.81.